The van der Waals surface area contributed by atoms with Crippen LogP contribution in [-0.2, 0) is 22.0 Å². The van der Waals surface area contributed by atoms with Crippen LogP contribution in [-0.4, -0.2) is 23.0 Å². The van der Waals surface area contributed by atoms with E-state index < -0.39 is 9.84 Å². The van der Waals surface area contributed by atoms with Gasteiger partial charge in [-0.1, -0.05) is 48.0 Å². The Balaban J connectivity index is 1.57. The zero-order chi connectivity index (χ0) is 19.6. The molecule has 4 rings (SSSR count). The molecule has 0 bridgehead atoms. The molecule has 8 heteroatoms. The van der Waals surface area contributed by atoms with Crippen molar-refractivity contribution in [1.82, 2.24) is 14.5 Å². The van der Waals surface area contributed by atoms with Crippen molar-refractivity contribution in [1.29, 1.82) is 0 Å². The summed E-state index contributed by atoms with van der Waals surface area (Å²) in [4.78, 5) is 8.57. The lowest BCUT2D eigenvalue weighted by molar-refractivity contribution is 0.583. The normalized spacial score (nSPS) is 11.6. The van der Waals surface area contributed by atoms with Crippen molar-refractivity contribution in [2.75, 3.05) is 0 Å². The van der Waals surface area contributed by atoms with E-state index in [0.29, 0.717) is 22.8 Å². The van der Waals surface area contributed by atoms with Crippen molar-refractivity contribution < 1.29 is 8.42 Å². The summed E-state index contributed by atoms with van der Waals surface area (Å²) < 4.78 is 27.4. The van der Waals surface area contributed by atoms with Gasteiger partial charge in [-0.2, -0.15) is 0 Å². The molecule has 0 aliphatic heterocycles. The fourth-order valence-electron chi connectivity index (χ4n) is 2.87. The third-order valence-corrected chi connectivity index (χ3v) is 6.77. The van der Waals surface area contributed by atoms with Crippen molar-refractivity contribution in [3.05, 3.63) is 93.7 Å². The summed E-state index contributed by atoms with van der Waals surface area (Å²) in [5.41, 5.74) is 2.31. The van der Waals surface area contributed by atoms with E-state index in [-0.39, 0.29) is 10.9 Å². The van der Waals surface area contributed by atoms with E-state index in [1.165, 1.54) is 22.1 Å². The molecule has 2 aromatic heterocycles. The minimum Gasteiger partial charge on any atom is -0.291 e. The highest BCUT2D eigenvalue weighted by molar-refractivity contribution is 7.90. The number of aromatic nitrogens is 3. The fraction of sp³-hybridized carbons (Fsp3) is 0.100. The SMILES string of the molecule is O=S(=O)(Cc1csc(Cc2ccccc2)n1)c1nccn1-c1cccc(Cl)c1. The smallest absolute Gasteiger partial charge is 0.232 e. The molecule has 0 N–H and O–H groups in total. The molecule has 2 aromatic carbocycles. The second-order valence-corrected chi connectivity index (χ2v) is 9.48. The molecule has 28 heavy (non-hydrogen) atoms. The van der Waals surface area contributed by atoms with Gasteiger partial charge in [-0.25, -0.2) is 18.4 Å². The van der Waals surface area contributed by atoms with Crippen LogP contribution in [0, 0.1) is 0 Å². The summed E-state index contributed by atoms with van der Waals surface area (Å²) >= 11 is 7.50. The van der Waals surface area contributed by atoms with Crippen molar-refractivity contribution >= 4 is 32.8 Å². The van der Waals surface area contributed by atoms with Gasteiger partial charge >= 0.3 is 0 Å². The first kappa shape index (κ1) is 18.9. The maximum Gasteiger partial charge on any atom is 0.232 e. The molecule has 0 aliphatic carbocycles. The van der Waals surface area contributed by atoms with Crippen LogP contribution >= 0.6 is 22.9 Å². The van der Waals surface area contributed by atoms with E-state index in [4.69, 9.17) is 11.6 Å². The van der Waals surface area contributed by atoms with E-state index in [1.807, 2.05) is 30.3 Å². The number of imidazole rings is 1. The summed E-state index contributed by atoms with van der Waals surface area (Å²) in [7, 11) is -3.67. The molecule has 0 amide bonds. The molecular weight excluding hydrogens is 414 g/mol. The third-order valence-electron chi connectivity index (χ3n) is 4.11. The molecule has 0 fully saturated rings. The maximum atomic E-state index is 13.0. The van der Waals surface area contributed by atoms with Crippen molar-refractivity contribution in [2.45, 2.75) is 17.3 Å². The Labute approximate surface area is 172 Å². The average Bonchev–Trinajstić information content (AvgIpc) is 3.32. The van der Waals surface area contributed by atoms with Gasteiger partial charge in [0.1, 0.15) is 5.75 Å². The Morgan fingerprint density at radius 1 is 1.07 bits per heavy atom. The largest absolute Gasteiger partial charge is 0.291 e. The molecule has 0 saturated heterocycles. The van der Waals surface area contributed by atoms with Gasteiger partial charge in [0, 0.05) is 34.9 Å². The van der Waals surface area contributed by atoms with E-state index in [0.717, 1.165) is 10.6 Å². The number of sulfone groups is 1. The van der Waals surface area contributed by atoms with Crippen LogP contribution in [0.5, 0.6) is 0 Å². The Kier molecular flexibility index (Phi) is 5.30. The number of hydrogen-bond donors (Lipinski definition) is 0. The van der Waals surface area contributed by atoms with E-state index in [2.05, 4.69) is 9.97 Å². The quantitative estimate of drug-likeness (QED) is 0.451. The number of nitrogens with zero attached hydrogens (tertiary/aromatic N) is 3. The van der Waals surface area contributed by atoms with Crippen LogP contribution in [0.25, 0.3) is 5.69 Å². The van der Waals surface area contributed by atoms with Crippen LogP contribution in [0.15, 0.2) is 77.5 Å². The first-order valence-corrected chi connectivity index (χ1v) is 11.4. The highest BCUT2D eigenvalue weighted by atomic mass is 35.5. The standard InChI is InChI=1S/C20H16ClN3O2S2/c21-16-7-4-8-18(12-16)24-10-9-22-20(24)28(25,26)14-17-13-27-19(23-17)11-15-5-2-1-3-6-15/h1-10,12-13H,11,14H2. The number of halogens is 1. The summed E-state index contributed by atoms with van der Waals surface area (Å²) in [6, 6.07) is 17.0. The fourth-order valence-corrected chi connectivity index (χ4v) is 5.34. The Bertz CT molecular complexity index is 1200. The molecule has 4 aromatic rings. The summed E-state index contributed by atoms with van der Waals surface area (Å²) in [6.45, 7) is 0. The van der Waals surface area contributed by atoms with Crippen molar-refractivity contribution in [3.8, 4) is 5.69 Å². The number of benzene rings is 2. The highest BCUT2D eigenvalue weighted by Crippen LogP contribution is 2.22. The van der Waals surface area contributed by atoms with Crippen LogP contribution < -0.4 is 0 Å². The lowest BCUT2D eigenvalue weighted by Gasteiger charge is -2.08. The van der Waals surface area contributed by atoms with Crippen LogP contribution in [0.4, 0.5) is 0 Å². The monoisotopic (exact) mass is 429 g/mol. The molecule has 0 saturated carbocycles. The van der Waals surface area contributed by atoms with E-state index in [1.54, 1.807) is 35.8 Å². The molecule has 0 spiro atoms. The predicted octanol–water partition coefficient (Wildman–Crippen LogP) is 4.55. The molecule has 5 nitrogen and oxygen atoms in total. The number of rotatable bonds is 6. The van der Waals surface area contributed by atoms with Gasteiger partial charge in [0.25, 0.3) is 0 Å². The average molecular weight is 430 g/mol. The lowest BCUT2D eigenvalue weighted by atomic mass is 10.2. The van der Waals surface area contributed by atoms with Gasteiger partial charge in [-0.3, -0.25) is 4.57 Å². The van der Waals surface area contributed by atoms with Crippen molar-refractivity contribution in [2.24, 2.45) is 0 Å². The van der Waals surface area contributed by atoms with Gasteiger partial charge in [0.05, 0.1) is 10.7 Å². The predicted molar refractivity (Wildman–Crippen MR) is 111 cm³/mol. The van der Waals surface area contributed by atoms with E-state index >= 15 is 0 Å². The summed E-state index contributed by atoms with van der Waals surface area (Å²) in [5, 5.41) is 3.18. The van der Waals surface area contributed by atoms with Gasteiger partial charge in [0.15, 0.2) is 0 Å². The molecule has 2 heterocycles. The molecular formula is C20H16ClN3O2S2. The van der Waals surface area contributed by atoms with Gasteiger partial charge in [0.2, 0.25) is 15.0 Å². The van der Waals surface area contributed by atoms with Gasteiger partial charge in [-0.05, 0) is 23.8 Å². The zero-order valence-corrected chi connectivity index (χ0v) is 17.1. The lowest BCUT2D eigenvalue weighted by Crippen LogP contribution is -2.12. The molecule has 0 unspecified atom stereocenters. The second kappa shape index (κ2) is 7.87. The van der Waals surface area contributed by atoms with Crippen LogP contribution in [0.1, 0.15) is 16.3 Å². The summed E-state index contributed by atoms with van der Waals surface area (Å²) in [5.74, 6) is -0.199. The second-order valence-electron chi connectivity index (χ2n) is 6.21. The first-order valence-electron chi connectivity index (χ1n) is 8.50. The maximum absolute atomic E-state index is 13.0. The Morgan fingerprint density at radius 3 is 2.68 bits per heavy atom. The third kappa shape index (κ3) is 4.16. The highest BCUT2D eigenvalue weighted by Gasteiger charge is 2.23. The minimum absolute atomic E-state index is 0.0209. The Hall–Kier alpha value is -2.48. The van der Waals surface area contributed by atoms with Gasteiger partial charge < -0.3 is 0 Å². The minimum atomic E-state index is -3.67. The molecule has 0 atom stereocenters. The summed E-state index contributed by atoms with van der Waals surface area (Å²) in [6.07, 6.45) is 3.76. The topological polar surface area (TPSA) is 64.8 Å². The molecule has 142 valence electrons. The van der Waals surface area contributed by atoms with Gasteiger partial charge in [-0.15, -0.1) is 11.3 Å². The molecule has 0 aliphatic rings. The number of hydrogen-bond acceptors (Lipinski definition) is 5. The Morgan fingerprint density at radius 2 is 1.89 bits per heavy atom. The van der Waals surface area contributed by atoms with Crippen LogP contribution in [0.2, 0.25) is 5.02 Å². The molecule has 0 radical (unpaired) electrons. The van der Waals surface area contributed by atoms with E-state index in [9.17, 15) is 8.42 Å². The number of thiazole rings is 1. The first-order chi connectivity index (χ1) is 13.5. The zero-order valence-electron chi connectivity index (χ0n) is 14.7. The van der Waals surface area contributed by atoms with Crippen LogP contribution in [0.3, 0.4) is 0 Å². The van der Waals surface area contributed by atoms with Crippen molar-refractivity contribution in [3.63, 3.8) is 0 Å².